The lowest BCUT2D eigenvalue weighted by Gasteiger charge is -2.33. The minimum atomic E-state index is -0.362. The zero-order valence-corrected chi connectivity index (χ0v) is 12.0. The summed E-state index contributed by atoms with van der Waals surface area (Å²) in [6, 6.07) is 0. The summed E-state index contributed by atoms with van der Waals surface area (Å²) in [6.07, 6.45) is 0. The van der Waals surface area contributed by atoms with Crippen molar-refractivity contribution in [1.82, 2.24) is 5.32 Å². The van der Waals surface area contributed by atoms with Gasteiger partial charge < -0.3 is 10.1 Å². The van der Waals surface area contributed by atoms with Gasteiger partial charge in [0.25, 0.3) is 0 Å². The van der Waals surface area contributed by atoms with E-state index in [0.29, 0.717) is 6.61 Å². The molecule has 0 heterocycles. The highest BCUT2D eigenvalue weighted by Gasteiger charge is 2.29. The molecule has 0 unspecified atom stereocenters. The third-order valence-corrected chi connectivity index (χ3v) is 2.00. The van der Waals surface area contributed by atoms with Gasteiger partial charge in [-0.05, 0) is 34.6 Å². The number of amides is 1. The quantitative estimate of drug-likeness (QED) is 0.808. The molecule has 0 atom stereocenters. The second-order valence-corrected chi connectivity index (χ2v) is 6.99. The molecule has 1 amide bonds. The average Bonchev–Trinajstić information content (AvgIpc) is 1.97. The van der Waals surface area contributed by atoms with Gasteiger partial charge in [-0.15, -0.1) is 0 Å². The van der Waals surface area contributed by atoms with E-state index in [2.05, 4.69) is 5.32 Å². The fourth-order valence-electron chi connectivity index (χ4n) is 0.928. The third kappa shape index (κ3) is 6.83. The maximum Gasteiger partial charge on any atom is 0.225 e. The molecule has 1 N–H and O–H groups in total. The normalized spacial score (nSPS) is 13.8. The summed E-state index contributed by atoms with van der Waals surface area (Å²) >= 11 is 0. The molecule has 0 aliphatic rings. The SMILES string of the molecule is CC(C)(COC(C)(C)C)NC(=O)C(C)(C)C. The first-order valence-electron chi connectivity index (χ1n) is 5.80. The molecule has 0 aromatic heterocycles. The Kier molecular flexibility index (Phi) is 4.57. The summed E-state index contributed by atoms with van der Waals surface area (Å²) in [5.74, 6) is 0.0509. The number of carbonyl (C=O) groups excluding carboxylic acids is 1. The van der Waals surface area contributed by atoms with E-state index in [4.69, 9.17) is 4.74 Å². The van der Waals surface area contributed by atoms with Crippen molar-refractivity contribution in [3.63, 3.8) is 0 Å². The molecule has 16 heavy (non-hydrogen) atoms. The topological polar surface area (TPSA) is 38.3 Å². The van der Waals surface area contributed by atoms with Crippen molar-refractivity contribution >= 4 is 5.91 Å². The molecule has 0 fully saturated rings. The van der Waals surface area contributed by atoms with E-state index in [-0.39, 0.29) is 22.5 Å². The molecule has 3 heteroatoms. The summed E-state index contributed by atoms with van der Waals surface area (Å²) < 4.78 is 5.69. The Morgan fingerprint density at radius 1 is 1.00 bits per heavy atom. The Hall–Kier alpha value is -0.570. The molecule has 0 aromatic carbocycles. The van der Waals surface area contributed by atoms with Crippen LogP contribution in [0.3, 0.4) is 0 Å². The van der Waals surface area contributed by atoms with Gasteiger partial charge in [0.05, 0.1) is 17.7 Å². The molecular weight excluding hydrogens is 202 g/mol. The van der Waals surface area contributed by atoms with Gasteiger partial charge in [0, 0.05) is 5.41 Å². The summed E-state index contributed by atoms with van der Waals surface area (Å²) in [7, 11) is 0. The minimum absolute atomic E-state index is 0.0509. The Balaban J connectivity index is 4.31. The fraction of sp³-hybridized carbons (Fsp3) is 0.923. The highest BCUT2D eigenvalue weighted by Crippen LogP contribution is 2.17. The molecule has 0 saturated carbocycles. The van der Waals surface area contributed by atoms with E-state index >= 15 is 0 Å². The van der Waals surface area contributed by atoms with Crippen LogP contribution in [0.5, 0.6) is 0 Å². The van der Waals surface area contributed by atoms with Crippen LogP contribution < -0.4 is 5.32 Å². The van der Waals surface area contributed by atoms with Crippen molar-refractivity contribution < 1.29 is 9.53 Å². The number of nitrogens with one attached hydrogen (secondary N) is 1. The number of carbonyl (C=O) groups is 1. The standard InChI is InChI=1S/C13H27NO2/c1-11(2,3)10(15)14-13(7,8)9-16-12(4,5)6/h9H2,1-8H3,(H,14,15). The highest BCUT2D eigenvalue weighted by atomic mass is 16.5. The summed E-state index contributed by atoms with van der Waals surface area (Å²) in [5, 5.41) is 3.00. The van der Waals surface area contributed by atoms with E-state index in [1.54, 1.807) is 0 Å². The number of hydrogen-bond acceptors (Lipinski definition) is 2. The van der Waals surface area contributed by atoms with Gasteiger partial charge in [-0.2, -0.15) is 0 Å². The Labute approximate surface area is 99.9 Å². The third-order valence-electron chi connectivity index (χ3n) is 2.00. The lowest BCUT2D eigenvalue weighted by Crippen LogP contribution is -2.51. The molecule has 0 spiro atoms. The molecule has 0 aliphatic heterocycles. The van der Waals surface area contributed by atoms with Crippen molar-refractivity contribution in [2.45, 2.75) is 66.5 Å². The lowest BCUT2D eigenvalue weighted by atomic mass is 9.93. The van der Waals surface area contributed by atoms with Crippen molar-refractivity contribution in [3.05, 3.63) is 0 Å². The van der Waals surface area contributed by atoms with Crippen LogP contribution in [0.15, 0.2) is 0 Å². The van der Waals surface area contributed by atoms with Gasteiger partial charge in [0.15, 0.2) is 0 Å². The van der Waals surface area contributed by atoms with Gasteiger partial charge in [0.2, 0.25) is 5.91 Å². The molecule has 96 valence electrons. The minimum Gasteiger partial charge on any atom is -0.373 e. The maximum absolute atomic E-state index is 11.8. The van der Waals surface area contributed by atoms with Crippen molar-refractivity contribution in [3.8, 4) is 0 Å². The number of hydrogen-bond donors (Lipinski definition) is 1. The van der Waals surface area contributed by atoms with E-state index in [1.165, 1.54) is 0 Å². The molecule has 0 bridgehead atoms. The number of rotatable bonds is 3. The predicted molar refractivity (Wildman–Crippen MR) is 67.4 cm³/mol. The van der Waals surface area contributed by atoms with Crippen LogP contribution in [0.2, 0.25) is 0 Å². The van der Waals surface area contributed by atoms with Crippen LogP contribution in [0.1, 0.15) is 55.4 Å². The first-order valence-corrected chi connectivity index (χ1v) is 5.80. The fourth-order valence-corrected chi connectivity index (χ4v) is 0.928. The Morgan fingerprint density at radius 2 is 1.44 bits per heavy atom. The van der Waals surface area contributed by atoms with Crippen LogP contribution in [-0.4, -0.2) is 23.7 Å². The van der Waals surface area contributed by atoms with E-state index < -0.39 is 0 Å². The molecule has 0 radical (unpaired) electrons. The van der Waals surface area contributed by atoms with Crippen LogP contribution in [0.4, 0.5) is 0 Å². The zero-order chi connectivity index (χ0) is 13.2. The molecule has 0 aliphatic carbocycles. The first-order chi connectivity index (χ1) is 6.83. The predicted octanol–water partition coefficient (Wildman–Crippen LogP) is 2.74. The monoisotopic (exact) mass is 229 g/mol. The Bertz CT molecular complexity index is 244. The van der Waals surface area contributed by atoms with Gasteiger partial charge in [-0.1, -0.05) is 20.8 Å². The Morgan fingerprint density at radius 3 is 1.75 bits per heavy atom. The average molecular weight is 229 g/mol. The largest absolute Gasteiger partial charge is 0.373 e. The number of ether oxygens (including phenoxy) is 1. The van der Waals surface area contributed by atoms with Gasteiger partial charge in [0.1, 0.15) is 0 Å². The van der Waals surface area contributed by atoms with Crippen LogP contribution in [-0.2, 0) is 9.53 Å². The summed E-state index contributed by atoms with van der Waals surface area (Å²) in [5.41, 5.74) is -0.875. The van der Waals surface area contributed by atoms with E-state index in [0.717, 1.165) is 0 Å². The van der Waals surface area contributed by atoms with Crippen LogP contribution in [0.25, 0.3) is 0 Å². The molecule has 0 saturated heterocycles. The van der Waals surface area contributed by atoms with E-state index in [9.17, 15) is 4.79 Å². The van der Waals surface area contributed by atoms with Gasteiger partial charge in [-0.3, -0.25) is 4.79 Å². The summed E-state index contributed by atoms with van der Waals surface area (Å²) in [6.45, 7) is 16.2. The van der Waals surface area contributed by atoms with Crippen LogP contribution >= 0.6 is 0 Å². The highest BCUT2D eigenvalue weighted by molar-refractivity contribution is 5.82. The van der Waals surface area contributed by atoms with Crippen molar-refractivity contribution in [2.75, 3.05) is 6.61 Å². The second kappa shape index (κ2) is 4.74. The lowest BCUT2D eigenvalue weighted by molar-refractivity contribution is -0.132. The first kappa shape index (κ1) is 15.4. The molecule has 0 aromatic rings. The van der Waals surface area contributed by atoms with E-state index in [1.807, 2.05) is 55.4 Å². The maximum atomic E-state index is 11.8. The molecule has 0 rings (SSSR count). The molecule has 3 nitrogen and oxygen atoms in total. The van der Waals surface area contributed by atoms with Crippen molar-refractivity contribution in [1.29, 1.82) is 0 Å². The molecular formula is C13H27NO2. The summed E-state index contributed by atoms with van der Waals surface area (Å²) in [4.78, 5) is 11.8. The zero-order valence-electron chi connectivity index (χ0n) is 12.0. The second-order valence-electron chi connectivity index (χ2n) is 6.99. The smallest absolute Gasteiger partial charge is 0.225 e. The van der Waals surface area contributed by atoms with Crippen molar-refractivity contribution in [2.24, 2.45) is 5.41 Å². The van der Waals surface area contributed by atoms with Gasteiger partial charge >= 0.3 is 0 Å². The van der Waals surface area contributed by atoms with Gasteiger partial charge in [-0.25, -0.2) is 0 Å². The van der Waals surface area contributed by atoms with Crippen LogP contribution in [0, 0.1) is 5.41 Å².